The minimum absolute atomic E-state index is 0.449. The molecule has 3 heterocycles. The lowest BCUT2D eigenvalue weighted by Gasteiger charge is -2.37. The van der Waals surface area contributed by atoms with E-state index in [9.17, 15) is 5.11 Å². The fourth-order valence-corrected chi connectivity index (χ4v) is 3.88. The molecule has 0 radical (unpaired) electrons. The summed E-state index contributed by atoms with van der Waals surface area (Å²) in [5, 5.41) is 15.3. The normalized spacial score (nSPS) is 16.4. The topological polar surface area (TPSA) is 80.9 Å². The van der Waals surface area contributed by atoms with Crippen molar-refractivity contribution < 1.29 is 19.1 Å². The summed E-state index contributed by atoms with van der Waals surface area (Å²) < 4.78 is 16.2. The van der Waals surface area contributed by atoms with Crippen LogP contribution in [0.1, 0.15) is 24.3 Å². The first kappa shape index (κ1) is 20.4. The molecule has 1 saturated heterocycles. The van der Waals surface area contributed by atoms with Crippen LogP contribution in [0.3, 0.4) is 0 Å². The van der Waals surface area contributed by atoms with Gasteiger partial charge in [0.25, 0.3) is 0 Å². The van der Waals surface area contributed by atoms with Crippen LogP contribution >= 0.6 is 0 Å². The molecular formula is C23H27N3O4. The lowest BCUT2D eigenvalue weighted by Crippen LogP contribution is -2.45. The Morgan fingerprint density at radius 3 is 2.70 bits per heavy atom. The van der Waals surface area contributed by atoms with E-state index in [4.69, 9.17) is 14.0 Å². The Morgan fingerprint density at radius 2 is 1.93 bits per heavy atom. The van der Waals surface area contributed by atoms with Gasteiger partial charge in [-0.05, 0) is 37.1 Å². The summed E-state index contributed by atoms with van der Waals surface area (Å²) in [5.74, 6) is 2.26. The molecule has 0 unspecified atom stereocenters. The van der Waals surface area contributed by atoms with Crippen LogP contribution in [0.25, 0.3) is 11.3 Å². The number of piperidine rings is 1. The maximum absolute atomic E-state index is 11.1. The van der Waals surface area contributed by atoms with E-state index in [0.717, 1.165) is 41.5 Å². The van der Waals surface area contributed by atoms with Gasteiger partial charge in [-0.15, -0.1) is 0 Å². The Labute approximate surface area is 176 Å². The van der Waals surface area contributed by atoms with Crippen LogP contribution in [0.15, 0.2) is 53.2 Å². The van der Waals surface area contributed by atoms with E-state index in [-0.39, 0.29) is 0 Å². The zero-order valence-corrected chi connectivity index (χ0v) is 17.4. The van der Waals surface area contributed by atoms with Crippen molar-refractivity contribution in [3.05, 3.63) is 60.1 Å². The molecule has 30 heavy (non-hydrogen) atoms. The Morgan fingerprint density at radius 1 is 1.10 bits per heavy atom. The fourth-order valence-electron chi connectivity index (χ4n) is 3.88. The second-order valence-corrected chi connectivity index (χ2v) is 7.74. The van der Waals surface area contributed by atoms with E-state index in [1.807, 2.05) is 42.5 Å². The molecule has 2 aromatic heterocycles. The van der Waals surface area contributed by atoms with Crippen molar-refractivity contribution in [2.75, 3.05) is 27.3 Å². The molecule has 7 nitrogen and oxygen atoms in total. The Bertz CT molecular complexity index is 980. The minimum atomic E-state index is -0.796. The van der Waals surface area contributed by atoms with Gasteiger partial charge in [0.15, 0.2) is 0 Å². The number of likely N-dealkylation sites (tertiary alicyclic amines) is 1. The lowest BCUT2D eigenvalue weighted by molar-refractivity contribution is -0.0268. The molecule has 7 heteroatoms. The SMILES string of the molecule is COc1cccc(-c2cc(CC3(O)CCN(Cc4ncccc4OC)CC3)on2)c1. The van der Waals surface area contributed by atoms with Gasteiger partial charge in [-0.3, -0.25) is 9.88 Å². The minimum Gasteiger partial charge on any atom is -0.497 e. The average Bonchev–Trinajstić information content (AvgIpc) is 3.24. The highest BCUT2D eigenvalue weighted by Crippen LogP contribution is 2.30. The fraction of sp³-hybridized carbons (Fsp3) is 0.391. The summed E-state index contributed by atoms with van der Waals surface area (Å²) in [6, 6.07) is 13.4. The van der Waals surface area contributed by atoms with Crippen molar-refractivity contribution in [3.8, 4) is 22.8 Å². The van der Waals surface area contributed by atoms with Crippen LogP contribution in [-0.4, -0.2) is 53.1 Å². The first-order chi connectivity index (χ1) is 14.6. The van der Waals surface area contributed by atoms with Gasteiger partial charge in [0.1, 0.15) is 23.0 Å². The Kier molecular flexibility index (Phi) is 6.01. The van der Waals surface area contributed by atoms with E-state index >= 15 is 0 Å². The molecule has 4 rings (SSSR count). The predicted octanol–water partition coefficient (Wildman–Crippen LogP) is 3.32. The van der Waals surface area contributed by atoms with Gasteiger partial charge in [-0.25, -0.2) is 0 Å². The number of hydrogen-bond donors (Lipinski definition) is 1. The van der Waals surface area contributed by atoms with Crippen molar-refractivity contribution >= 4 is 0 Å². The van der Waals surface area contributed by atoms with Gasteiger partial charge >= 0.3 is 0 Å². The third kappa shape index (κ3) is 4.63. The molecule has 1 N–H and O–H groups in total. The summed E-state index contributed by atoms with van der Waals surface area (Å²) in [6.07, 6.45) is 3.56. The van der Waals surface area contributed by atoms with E-state index in [2.05, 4.69) is 15.0 Å². The average molecular weight is 409 g/mol. The van der Waals surface area contributed by atoms with Crippen molar-refractivity contribution in [2.24, 2.45) is 0 Å². The second-order valence-electron chi connectivity index (χ2n) is 7.74. The number of benzene rings is 1. The molecule has 0 aliphatic carbocycles. The monoisotopic (exact) mass is 409 g/mol. The third-order valence-corrected chi connectivity index (χ3v) is 5.66. The van der Waals surface area contributed by atoms with Crippen molar-refractivity contribution in [1.29, 1.82) is 0 Å². The van der Waals surface area contributed by atoms with Gasteiger partial charge < -0.3 is 19.1 Å². The van der Waals surface area contributed by atoms with Crippen molar-refractivity contribution in [1.82, 2.24) is 15.0 Å². The highest BCUT2D eigenvalue weighted by atomic mass is 16.5. The van der Waals surface area contributed by atoms with Crippen LogP contribution in [0.5, 0.6) is 11.5 Å². The van der Waals surface area contributed by atoms with Gasteiger partial charge in [0, 0.05) is 43.9 Å². The molecule has 0 bridgehead atoms. The number of pyridine rings is 1. The van der Waals surface area contributed by atoms with Gasteiger partial charge in [0.2, 0.25) is 0 Å². The summed E-state index contributed by atoms with van der Waals surface area (Å²) in [4.78, 5) is 6.72. The standard InChI is InChI=1S/C23H27N3O4/c1-28-18-6-3-5-17(13-18)20-14-19(30-25-20)15-23(27)8-11-26(12-9-23)16-21-22(29-2)7-4-10-24-21/h3-7,10,13-14,27H,8-9,11-12,15-16H2,1-2H3. The number of ether oxygens (including phenoxy) is 2. The van der Waals surface area contributed by atoms with Crippen molar-refractivity contribution in [2.45, 2.75) is 31.4 Å². The van der Waals surface area contributed by atoms with Crippen LogP contribution < -0.4 is 9.47 Å². The summed E-state index contributed by atoms with van der Waals surface area (Å²) >= 11 is 0. The number of hydrogen-bond acceptors (Lipinski definition) is 7. The lowest BCUT2D eigenvalue weighted by atomic mass is 9.87. The summed E-state index contributed by atoms with van der Waals surface area (Å²) in [6.45, 7) is 2.28. The van der Waals surface area contributed by atoms with E-state index < -0.39 is 5.60 Å². The molecule has 1 aliphatic heterocycles. The molecule has 3 aromatic rings. The van der Waals surface area contributed by atoms with E-state index in [0.29, 0.717) is 31.6 Å². The van der Waals surface area contributed by atoms with Crippen LogP contribution in [0.2, 0.25) is 0 Å². The summed E-state index contributed by atoms with van der Waals surface area (Å²) in [7, 11) is 3.30. The molecule has 1 fully saturated rings. The zero-order valence-electron chi connectivity index (χ0n) is 17.4. The Balaban J connectivity index is 1.36. The maximum Gasteiger partial charge on any atom is 0.141 e. The third-order valence-electron chi connectivity index (χ3n) is 5.66. The second kappa shape index (κ2) is 8.85. The number of nitrogens with zero attached hydrogens (tertiary/aromatic N) is 3. The van der Waals surface area contributed by atoms with Crippen LogP contribution in [0, 0.1) is 0 Å². The number of rotatable bonds is 7. The highest BCUT2D eigenvalue weighted by molar-refractivity contribution is 5.60. The van der Waals surface area contributed by atoms with E-state index in [1.165, 1.54) is 0 Å². The maximum atomic E-state index is 11.1. The molecular weight excluding hydrogens is 382 g/mol. The molecule has 0 saturated carbocycles. The number of aliphatic hydroxyl groups is 1. The number of aromatic nitrogens is 2. The molecule has 1 aromatic carbocycles. The van der Waals surface area contributed by atoms with Crippen LogP contribution in [-0.2, 0) is 13.0 Å². The Hall–Kier alpha value is -2.90. The first-order valence-electron chi connectivity index (χ1n) is 10.1. The largest absolute Gasteiger partial charge is 0.497 e. The molecule has 158 valence electrons. The van der Waals surface area contributed by atoms with Gasteiger partial charge in [-0.1, -0.05) is 17.3 Å². The quantitative estimate of drug-likeness (QED) is 0.641. The first-order valence-corrected chi connectivity index (χ1v) is 10.1. The van der Waals surface area contributed by atoms with Crippen LogP contribution in [0.4, 0.5) is 0 Å². The number of methoxy groups -OCH3 is 2. The molecule has 0 amide bonds. The molecule has 0 spiro atoms. The van der Waals surface area contributed by atoms with E-state index in [1.54, 1.807) is 20.4 Å². The predicted molar refractivity (Wildman–Crippen MR) is 112 cm³/mol. The van der Waals surface area contributed by atoms with Gasteiger partial charge in [-0.2, -0.15) is 0 Å². The highest BCUT2D eigenvalue weighted by Gasteiger charge is 2.34. The summed E-state index contributed by atoms with van der Waals surface area (Å²) in [5.41, 5.74) is 1.79. The smallest absolute Gasteiger partial charge is 0.141 e. The molecule has 1 aliphatic rings. The van der Waals surface area contributed by atoms with Gasteiger partial charge in [0.05, 0.1) is 25.5 Å². The zero-order chi connectivity index (χ0) is 21.0. The molecule has 0 atom stereocenters. The van der Waals surface area contributed by atoms with Crippen molar-refractivity contribution in [3.63, 3.8) is 0 Å².